The third-order valence-electron chi connectivity index (χ3n) is 2.03. The Balaban J connectivity index is 2.64. The zero-order chi connectivity index (χ0) is 10.7. The quantitative estimate of drug-likeness (QED) is 0.807. The van der Waals surface area contributed by atoms with Gasteiger partial charge < -0.3 is 14.3 Å². The van der Waals surface area contributed by atoms with Crippen LogP contribution in [0.2, 0.25) is 0 Å². The minimum absolute atomic E-state index is 0.00259. The van der Waals surface area contributed by atoms with Crippen molar-refractivity contribution in [2.45, 2.75) is 26.9 Å². The molecule has 1 rings (SSSR count). The van der Waals surface area contributed by atoms with Gasteiger partial charge in [-0.25, -0.2) is 4.79 Å². The van der Waals surface area contributed by atoms with Crippen LogP contribution in [-0.4, -0.2) is 17.2 Å². The van der Waals surface area contributed by atoms with Crippen molar-refractivity contribution < 1.29 is 19.1 Å². The first-order valence-corrected chi connectivity index (χ1v) is 4.50. The lowest BCUT2D eigenvalue weighted by atomic mass is 10.1. The molecule has 0 aromatic carbocycles. The Kier molecular flexibility index (Phi) is 3.17. The van der Waals surface area contributed by atoms with Crippen LogP contribution in [0.15, 0.2) is 16.5 Å². The zero-order valence-electron chi connectivity index (χ0n) is 8.48. The van der Waals surface area contributed by atoms with Crippen LogP contribution in [0.3, 0.4) is 0 Å². The average molecular weight is 198 g/mol. The minimum atomic E-state index is -1.09. The third-order valence-corrected chi connectivity index (χ3v) is 2.03. The van der Waals surface area contributed by atoms with Gasteiger partial charge in [0.1, 0.15) is 6.10 Å². The van der Waals surface area contributed by atoms with E-state index in [1.165, 1.54) is 12.1 Å². The molecule has 0 aliphatic heterocycles. The van der Waals surface area contributed by atoms with E-state index in [0.29, 0.717) is 5.92 Å². The molecule has 14 heavy (non-hydrogen) atoms. The number of hydrogen-bond acceptors (Lipinski definition) is 3. The van der Waals surface area contributed by atoms with E-state index >= 15 is 0 Å². The standard InChI is InChI=1S/C10H14O4/c1-6(2)7(3)13-9-5-4-8(14-9)10(11)12/h4-7H,1-3H3,(H,11,12). The maximum absolute atomic E-state index is 10.5. The number of hydrogen-bond donors (Lipinski definition) is 1. The van der Waals surface area contributed by atoms with Crippen molar-refractivity contribution in [1.82, 2.24) is 0 Å². The SMILES string of the molecule is CC(C)C(C)Oc1ccc(C(=O)O)o1. The number of carboxylic acids is 1. The van der Waals surface area contributed by atoms with Gasteiger partial charge >= 0.3 is 5.97 Å². The maximum atomic E-state index is 10.5. The van der Waals surface area contributed by atoms with Gasteiger partial charge in [-0.2, -0.15) is 0 Å². The molecule has 78 valence electrons. The summed E-state index contributed by atoms with van der Waals surface area (Å²) in [6.07, 6.45) is 0.00259. The highest BCUT2D eigenvalue weighted by Gasteiger charge is 2.13. The molecule has 0 saturated heterocycles. The first-order chi connectivity index (χ1) is 6.50. The predicted molar refractivity (Wildman–Crippen MR) is 50.6 cm³/mol. The summed E-state index contributed by atoms with van der Waals surface area (Å²) in [7, 11) is 0. The van der Waals surface area contributed by atoms with Gasteiger partial charge in [-0.05, 0) is 18.9 Å². The van der Waals surface area contributed by atoms with Gasteiger partial charge in [0.05, 0.1) is 0 Å². The van der Waals surface area contributed by atoms with E-state index in [4.69, 9.17) is 14.3 Å². The van der Waals surface area contributed by atoms with Crippen LogP contribution in [-0.2, 0) is 0 Å². The van der Waals surface area contributed by atoms with E-state index in [-0.39, 0.29) is 17.8 Å². The molecule has 0 amide bonds. The molecule has 0 spiro atoms. The molecule has 4 nitrogen and oxygen atoms in total. The molecule has 0 bridgehead atoms. The topological polar surface area (TPSA) is 59.7 Å². The number of carboxylic acid groups (broad SMARTS) is 1. The molecule has 1 unspecified atom stereocenters. The molecular formula is C10H14O4. The fourth-order valence-corrected chi connectivity index (χ4v) is 0.818. The fourth-order valence-electron chi connectivity index (χ4n) is 0.818. The largest absolute Gasteiger partial charge is 0.475 e. The summed E-state index contributed by atoms with van der Waals surface area (Å²) >= 11 is 0. The van der Waals surface area contributed by atoms with Crippen LogP contribution in [0.1, 0.15) is 31.3 Å². The molecule has 1 atom stereocenters. The minimum Gasteiger partial charge on any atom is -0.475 e. The van der Waals surface area contributed by atoms with Gasteiger partial charge in [0.2, 0.25) is 5.76 Å². The van der Waals surface area contributed by atoms with Gasteiger partial charge in [-0.15, -0.1) is 0 Å². The Bertz CT molecular complexity index is 314. The van der Waals surface area contributed by atoms with E-state index in [1.54, 1.807) is 0 Å². The summed E-state index contributed by atoms with van der Waals surface area (Å²) in [6.45, 7) is 5.95. The van der Waals surface area contributed by atoms with Crippen molar-refractivity contribution in [1.29, 1.82) is 0 Å². The summed E-state index contributed by atoms with van der Waals surface area (Å²) < 4.78 is 10.3. The van der Waals surface area contributed by atoms with Gasteiger partial charge in [-0.3, -0.25) is 0 Å². The Morgan fingerprint density at radius 1 is 1.43 bits per heavy atom. The maximum Gasteiger partial charge on any atom is 0.371 e. The van der Waals surface area contributed by atoms with Crippen molar-refractivity contribution >= 4 is 5.97 Å². The Morgan fingerprint density at radius 2 is 2.07 bits per heavy atom. The molecule has 1 aromatic rings. The zero-order valence-corrected chi connectivity index (χ0v) is 8.48. The first-order valence-electron chi connectivity index (χ1n) is 4.50. The van der Waals surface area contributed by atoms with Crippen LogP contribution in [0.4, 0.5) is 0 Å². The molecule has 0 radical (unpaired) electrons. The Labute approximate surface area is 82.5 Å². The highest BCUT2D eigenvalue weighted by atomic mass is 16.6. The predicted octanol–water partition coefficient (Wildman–Crippen LogP) is 2.40. The first kappa shape index (κ1) is 10.6. The number of furan rings is 1. The van der Waals surface area contributed by atoms with Crippen LogP contribution < -0.4 is 4.74 Å². The van der Waals surface area contributed by atoms with Crippen molar-refractivity contribution in [2.24, 2.45) is 5.92 Å². The molecule has 1 heterocycles. The lowest BCUT2D eigenvalue weighted by Gasteiger charge is -2.15. The summed E-state index contributed by atoms with van der Waals surface area (Å²) in [4.78, 5) is 10.5. The van der Waals surface area contributed by atoms with Gasteiger partial charge in [0.15, 0.2) is 0 Å². The molecule has 0 aliphatic rings. The second kappa shape index (κ2) is 4.17. The molecule has 0 fully saturated rings. The van der Waals surface area contributed by atoms with E-state index in [2.05, 4.69) is 0 Å². The van der Waals surface area contributed by atoms with Crippen molar-refractivity contribution in [3.63, 3.8) is 0 Å². The number of rotatable bonds is 4. The average Bonchev–Trinajstić information content (AvgIpc) is 2.52. The second-order valence-electron chi connectivity index (χ2n) is 3.49. The normalized spacial score (nSPS) is 12.9. The lowest BCUT2D eigenvalue weighted by molar-refractivity contribution is 0.0641. The highest BCUT2D eigenvalue weighted by molar-refractivity contribution is 5.84. The van der Waals surface area contributed by atoms with Gasteiger partial charge in [-0.1, -0.05) is 13.8 Å². The van der Waals surface area contributed by atoms with Crippen molar-refractivity contribution in [3.05, 3.63) is 17.9 Å². The highest BCUT2D eigenvalue weighted by Crippen LogP contribution is 2.19. The summed E-state index contributed by atoms with van der Waals surface area (Å²) in [6, 6.07) is 2.90. The van der Waals surface area contributed by atoms with Crippen LogP contribution in [0.25, 0.3) is 0 Å². The van der Waals surface area contributed by atoms with Crippen LogP contribution >= 0.6 is 0 Å². The monoisotopic (exact) mass is 198 g/mol. The number of ether oxygens (including phenoxy) is 1. The third kappa shape index (κ3) is 2.52. The van der Waals surface area contributed by atoms with E-state index in [1.807, 2.05) is 20.8 Å². The van der Waals surface area contributed by atoms with Gasteiger partial charge in [0, 0.05) is 6.07 Å². The van der Waals surface area contributed by atoms with Gasteiger partial charge in [0.25, 0.3) is 5.95 Å². The second-order valence-corrected chi connectivity index (χ2v) is 3.49. The molecule has 1 aromatic heterocycles. The van der Waals surface area contributed by atoms with Crippen molar-refractivity contribution in [2.75, 3.05) is 0 Å². The molecular weight excluding hydrogens is 184 g/mol. The Morgan fingerprint density at radius 3 is 2.50 bits per heavy atom. The van der Waals surface area contributed by atoms with E-state index in [0.717, 1.165) is 0 Å². The summed E-state index contributed by atoms with van der Waals surface area (Å²) in [5, 5.41) is 8.59. The van der Waals surface area contributed by atoms with E-state index < -0.39 is 5.97 Å². The van der Waals surface area contributed by atoms with E-state index in [9.17, 15) is 4.79 Å². The smallest absolute Gasteiger partial charge is 0.371 e. The number of aromatic carboxylic acids is 1. The summed E-state index contributed by atoms with van der Waals surface area (Å²) in [5.74, 6) is -0.579. The summed E-state index contributed by atoms with van der Waals surface area (Å²) in [5.41, 5.74) is 0. The van der Waals surface area contributed by atoms with Crippen molar-refractivity contribution in [3.8, 4) is 5.95 Å². The Hall–Kier alpha value is -1.45. The number of carbonyl (C=O) groups is 1. The fraction of sp³-hybridized carbons (Fsp3) is 0.500. The molecule has 1 N–H and O–H groups in total. The molecule has 0 aliphatic carbocycles. The molecule has 4 heteroatoms. The van der Waals surface area contributed by atoms with Crippen LogP contribution in [0.5, 0.6) is 5.95 Å². The van der Waals surface area contributed by atoms with Crippen LogP contribution in [0, 0.1) is 5.92 Å². The molecule has 0 saturated carbocycles. The lowest BCUT2D eigenvalue weighted by Crippen LogP contribution is -2.18.